The third-order valence-corrected chi connectivity index (χ3v) is 6.42. The smallest absolute Gasteiger partial charge is 0.253 e. The molecule has 0 atom stereocenters. The molecule has 7 heteroatoms. The summed E-state index contributed by atoms with van der Waals surface area (Å²) in [4.78, 5) is 22.3. The van der Waals surface area contributed by atoms with Gasteiger partial charge in [0, 0.05) is 42.8 Å². The van der Waals surface area contributed by atoms with Crippen molar-refractivity contribution in [2.75, 3.05) is 33.3 Å². The van der Waals surface area contributed by atoms with Gasteiger partial charge in [-0.3, -0.25) is 4.79 Å². The zero-order chi connectivity index (χ0) is 23.7. The molecule has 34 heavy (non-hydrogen) atoms. The van der Waals surface area contributed by atoms with E-state index in [-0.39, 0.29) is 5.91 Å². The molecule has 0 saturated carbocycles. The van der Waals surface area contributed by atoms with Crippen molar-refractivity contribution >= 4 is 29.0 Å². The molecule has 1 saturated heterocycles. The van der Waals surface area contributed by atoms with E-state index in [9.17, 15) is 4.79 Å². The van der Waals surface area contributed by atoms with Crippen LogP contribution in [0.4, 0.5) is 5.69 Å². The largest absolute Gasteiger partial charge is 0.497 e. The number of ether oxygens (including phenoxy) is 2. The number of rotatable bonds is 2. The Morgan fingerprint density at radius 3 is 2.59 bits per heavy atom. The van der Waals surface area contributed by atoms with Gasteiger partial charge in [-0.25, -0.2) is 4.99 Å². The highest BCUT2D eigenvalue weighted by Gasteiger charge is 2.27. The molecule has 1 amide bonds. The molecule has 0 aliphatic carbocycles. The first-order valence-electron chi connectivity index (χ1n) is 11.4. The van der Waals surface area contributed by atoms with E-state index in [4.69, 9.17) is 26.1 Å². The summed E-state index contributed by atoms with van der Waals surface area (Å²) in [7, 11) is 1.65. The number of methoxy groups -OCH3 is 1. The van der Waals surface area contributed by atoms with E-state index in [1.165, 1.54) is 0 Å². The Labute approximate surface area is 204 Å². The van der Waals surface area contributed by atoms with Crippen LogP contribution in [0.2, 0.25) is 5.02 Å². The maximum atomic E-state index is 13.1. The number of carbonyl (C=O) groups excluding carboxylic acids is 1. The Balaban J connectivity index is 1.45. The van der Waals surface area contributed by atoms with Crippen LogP contribution < -0.4 is 9.47 Å². The van der Waals surface area contributed by atoms with Gasteiger partial charge in [-0.05, 0) is 67.4 Å². The quantitative estimate of drug-likeness (QED) is 0.478. The topological polar surface area (TPSA) is 54.4 Å². The molecule has 174 valence electrons. The number of amidine groups is 1. The molecule has 3 aromatic carbocycles. The minimum atomic E-state index is 0.0237. The SMILES string of the molecule is COc1ccc2c(c1)Oc1cc(C)ccc1N=C2N1CCCN(C(=O)c2ccc(Cl)cc2)CC1. The fraction of sp³-hybridized carbons (Fsp3) is 0.259. The van der Waals surface area contributed by atoms with Crippen LogP contribution in [-0.2, 0) is 0 Å². The van der Waals surface area contributed by atoms with Crippen molar-refractivity contribution in [3.8, 4) is 17.2 Å². The highest BCUT2D eigenvalue weighted by molar-refractivity contribution is 6.30. The lowest BCUT2D eigenvalue weighted by Crippen LogP contribution is -2.37. The molecular weight excluding hydrogens is 450 g/mol. The minimum Gasteiger partial charge on any atom is -0.497 e. The van der Waals surface area contributed by atoms with E-state index in [1.54, 1.807) is 31.4 Å². The lowest BCUT2D eigenvalue weighted by Gasteiger charge is -2.25. The molecule has 5 rings (SSSR count). The zero-order valence-electron chi connectivity index (χ0n) is 19.3. The van der Waals surface area contributed by atoms with Gasteiger partial charge >= 0.3 is 0 Å². The first-order chi connectivity index (χ1) is 16.5. The molecule has 3 aromatic rings. The minimum absolute atomic E-state index is 0.0237. The monoisotopic (exact) mass is 475 g/mol. The Kier molecular flexibility index (Phi) is 6.16. The number of nitrogens with zero attached hydrogens (tertiary/aromatic N) is 3. The Bertz CT molecular complexity index is 1260. The van der Waals surface area contributed by atoms with Crippen molar-refractivity contribution in [2.45, 2.75) is 13.3 Å². The van der Waals surface area contributed by atoms with Crippen molar-refractivity contribution < 1.29 is 14.3 Å². The standard InChI is InChI=1S/C27H26ClN3O3/c1-18-4-11-23-25(16-18)34-24-17-21(33-2)9-10-22(24)26(29-23)30-12-3-13-31(15-14-30)27(32)19-5-7-20(28)8-6-19/h4-11,16-17H,3,12-15H2,1-2H3. The van der Waals surface area contributed by atoms with Gasteiger partial charge < -0.3 is 19.3 Å². The highest BCUT2D eigenvalue weighted by Crippen LogP contribution is 2.40. The van der Waals surface area contributed by atoms with Crippen LogP contribution in [0.25, 0.3) is 0 Å². The summed E-state index contributed by atoms with van der Waals surface area (Å²) in [6, 6.07) is 18.9. The average Bonchev–Trinajstić information content (AvgIpc) is 3.18. The van der Waals surface area contributed by atoms with Crippen LogP contribution >= 0.6 is 11.6 Å². The van der Waals surface area contributed by atoms with Gasteiger partial charge in [-0.1, -0.05) is 17.7 Å². The van der Waals surface area contributed by atoms with Gasteiger partial charge in [0.25, 0.3) is 5.91 Å². The van der Waals surface area contributed by atoms with Gasteiger partial charge in [-0.15, -0.1) is 0 Å². The van der Waals surface area contributed by atoms with E-state index < -0.39 is 0 Å². The number of aryl methyl sites for hydroxylation is 1. The van der Waals surface area contributed by atoms with E-state index >= 15 is 0 Å². The van der Waals surface area contributed by atoms with Gasteiger partial charge in [0.15, 0.2) is 5.75 Å². The summed E-state index contributed by atoms with van der Waals surface area (Å²) in [5.74, 6) is 3.03. The summed E-state index contributed by atoms with van der Waals surface area (Å²) in [5.41, 5.74) is 3.45. The molecule has 1 fully saturated rings. The summed E-state index contributed by atoms with van der Waals surface area (Å²) < 4.78 is 11.7. The van der Waals surface area contributed by atoms with Gasteiger partial charge in [0.05, 0.1) is 12.7 Å². The second kappa shape index (κ2) is 9.39. The van der Waals surface area contributed by atoms with Gasteiger partial charge in [0.1, 0.15) is 23.0 Å². The molecule has 0 unspecified atom stereocenters. The van der Waals surface area contributed by atoms with Crippen LogP contribution in [0.5, 0.6) is 17.2 Å². The molecular formula is C27H26ClN3O3. The number of benzene rings is 3. The first kappa shape index (κ1) is 22.3. The second-order valence-corrected chi connectivity index (χ2v) is 8.95. The zero-order valence-corrected chi connectivity index (χ0v) is 20.0. The molecule has 0 bridgehead atoms. The fourth-order valence-electron chi connectivity index (χ4n) is 4.34. The Hall–Kier alpha value is -3.51. The Morgan fingerprint density at radius 1 is 0.971 bits per heavy atom. The number of aliphatic imine (C=N–C) groups is 1. The highest BCUT2D eigenvalue weighted by atomic mass is 35.5. The fourth-order valence-corrected chi connectivity index (χ4v) is 4.46. The summed E-state index contributed by atoms with van der Waals surface area (Å²) in [5, 5.41) is 0.623. The van der Waals surface area contributed by atoms with Crippen molar-refractivity contribution in [3.05, 3.63) is 82.4 Å². The third kappa shape index (κ3) is 4.46. The van der Waals surface area contributed by atoms with Crippen LogP contribution in [0.1, 0.15) is 27.9 Å². The predicted octanol–water partition coefficient (Wildman–Crippen LogP) is 5.69. The number of amides is 1. The summed E-state index contributed by atoms with van der Waals surface area (Å²) >= 11 is 5.99. The summed E-state index contributed by atoms with van der Waals surface area (Å²) in [6.07, 6.45) is 0.839. The van der Waals surface area contributed by atoms with Gasteiger partial charge in [-0.2, -0.15) is 0 Å². The van der Waals surface area contributed by atoms with Crippen molar-refractivity contribution in [2.24, 2.45) is 4.99 Å². The third-order valence-electron chi connectivity index (χ3n) is 6.17. The lowest BCUT2D eigenvalue weighted by atomic mass is 10.1. The number of hydrogen-bond donors (Lipinski definition) is 0. The molecule has 2 aliphatic heterocycles. The van der Waals surface area contributed by atoms with E-state index in [0.717, 1.165) is 47.1 Å². The average molecular weight is 476 g/mol. The van der Waals surface area contributed by atoms with E-state index in [1.807, 2.05) is 48.2 Å². The molecule has 0 spiro atoms. The second-order valence-electron chi connectivity index (χ2n) is 8.51. The number of hydrogen-bond acceptors (Lipinski definition) is 5. The molecule has 0 N–H and O–H groups in total. The van der Waals surface area contributed by atoms with Crippen molar-refractivity contribution in [1.82, 2.24) is 9.80 Å². The van der Waals surface area contributed by atoms with Crippen LogP contribution in [-0.4, -0.2) is 54.8 Å². The maximum absolute atomic E-state index is 13.1. The number of carbonyl (C=O) groups is 1. The van der Waals surface area contributed by atoms with Crippen LogP contribution in [0, 0.1) is 6.92 Å². The lowest BCUT2D eigenvalue weighted by molar-refractivity contribution is 0.0764. The predicted molar refractivity (Wildman–Crippen MR) is 134 cm³/mol. The normalized spacial score (nSPS) is 15.3. The van der Waals surface area contributed by atoms with Gasteiger partial charge in [0.2, 0.25) is 0 Å². The number of halogens is 1. The number of fused-ring (bicyclic) bond motifs is 2. The van der Waals surface area contributed by atoms with Crippen LogP contribution in [0.3, 0.4) is 0 Å². The summed E-state index contributed by atoms with van der Waals surface area (Å²) in [6.45, 7) is 4.79. The Morgan fingerprint density at radius 2 is 1.79 bits per heavy atom. The molecule has 6 nitrogen and oxygen atoms in total. The molecule has 0 radical (unpaired) electrons. The van der Waals surface area contributed by atoms with E-state index in [2.05, 4.69) is 4.90 Å². The maximum Gasteiger partial charge on any atom is 0.253 e. The van der Waals surface area contributed by atoms with Crippen LogP contribution in [0.15, 0.2) is 65.7 Å². The molecule has 2 aliphatic rings. The first-order valence-corrected chi connectivity index (χ1v) is 11.7. The van der Waals surface area contributed by atoms with E-state index in [0.29, 0.717) is 36.0 Å². The molecule has 2 heterocycles. The van der Waals surface area contributed by atoms with Crippen molar-refractivity contribution in [3.63, 3.8) is 0 Å². The van der Waals surface area contributed by atoms with Crippen molar-refractivity contribution in [1.29, 1.82) is 0 Å². The molecule has 0 aromatic heterocycles.